The molecule has 0 aliphatic rings. The lowest BCUT2D eigenvalue weighted by atomic mass is 11.3. The maximum absolute atomic E-state index is 4.75. The molecular formula is C2H3N2PS2. The van der Waals surface area contributed by atoms with Crippen LogP contribution in [0.1, 0.15) is 0 Å². The molecule has 1 unspecified atom stereocenters. The third-order valence-electron chi connectivity index (χ3n) is 0.517. The molecule has 7 heavy (non-hydrogen) atoms. The van der Waals surface area contributed by atoms with E-state index in [1.54, 1.807) is 0 Å². The van der Waals surface area contributed by atoms with Crippen LogP contribution in [-0.4, -0.2) is 9.73 Å². The molecule has 0 aliphatic carbocycles. The zero-order chi connectivity index (χ0) is 5.28. The van der Waals surface area contributed by atoms with Crippen LogP contribution < -0.4 is 0 Å². The van der Waals surface area contributed by atoms with E-state index in [0.29, 0.717) is 13.1 Å². The molecular weight excluding hydrogens is 147 g/mol. The number of aromatic nitrogens is 2. The predicted molar refractivity (Wildman–Crippen MR) is 36.3 cm³/mol. The number of aromatic amines is 2. The van der Waals surface area contributed by atoms with Crippen LogP contribution in [0.15, 0.2) is 0 Å². The summed E-state index contributed by atoms with van der Waals surface area (Å²) >= 11 is 9.44. The van der Waals surface area contributed by atoms with Gasteiger partial charge in [-0.1, -0.05) is 12.2 Å². The van der Waals surface area contributed by atoms with Crippen molar-refractivity contribution < 1.29 is 0 Å². The molecule has 2 nitrogen and oxygen atoms in total. The van der Waals surface area contributed by atoms with Gasteiger partial charge in [-0.2, -0.15) is 0 Å². The van der Waals surface area contributed by atoms with Crippen molar-refractivity contribution in [2.75, 3.05) is 0 Å². The van der Waals surface area contributed by atoms with E-state index in [2.05, 4.69) is 9.73 Å². The van der Waals surface area contributed by atoms with Gasteiger partial charge >= 0.3 is 0 Å². The molecule has 0 aliphatic heterocycles. The lowest BCUT2D eigenvalue weighted by molar-refractivity contribution is 1.28. The van der Waals surface area contributed by atoms with Gasteiger partial charge in [-0.05, 0) is 20.6 Å². The molecule has 2 N–H and O–H groups in total. The second kappa shape index (κ2) is 1.90. The van der Waals surface area contributed by atoms with Gasteiger partial charge in [0.2, 0.25) is 0 Å². The fourth-order valence-corrected chi connectivity index (χ4v) is 1.42. The van der Waals surface area contributed by atoms with Crippen molar-refractivity contribution in [3.05, 3.63) is 9.14 Å². The summed E-state index contributed by atoms with van der Waals surface area (Å²) in [5.74, 6) is 0. The molecule has 0 fully saturated rings. The Morgan fingerprint density at radius 1 is 1.43 bits per heavy atom. The van der Waals surface area contributed by atoms with Gasteiger partial charge in [-0.3, -0.25) is 0 Å². The van der Waals surface area contributed by atoms with Gasteiger partial charge in [-0.15, -0.1) is 0 Å². The normalized spacial score (nSPS) is 10.3. The molecule has 1 aromatic rings. The Morgan fingerprint density at radius 3 is 2.29 bits per heavy atom. The van der Waals surface area contributed by atoms with Crippen molar-refractivity contribution in [1.82, 2.24) is 9.73 Å². The maximum atomic E-state index is 4.75. The van der Waals surface area contributed by atoms with Crippen molar-refractivity contribution in [3.8, 4) is 0 Å². The number of rotatable bonds is 0. The summed E-state index contributed by atoms with van der Waals surface area (Å²) in [4.78, 5) is 2.78. The molecule has 0 aromatic carbocycles. The number of H-pyrrole nitrogens is 2. The Labute approximate surface area is 52.1 Å². The van der Waals surface area contributed by atoms with Crippen molar-refractivity contribution in [2.45, 2.75) is 0 Å². The van der Waals surface area contributed by atoms with E-state index in [0.717, 1.165) is 4.37 Å². The summed E-state index contributed by atoms with van der Waals surface area (Å²) in [6.45, 7) is 0. The molecule has 0 saturated carbocycles. The highest BCUT2D eigenvalue weighted by Crippen LogP contribution is 1.97. The lowest BCUT2D eigenvalue weighted by Crippen LogP contribution is -1.56. The third-order valence-corrected chi connectivity index (χ3v) is 2.04. The lowest BCUT2D eigenvalue weighted by Gasteiger charge is -1.56. The molecule has 1 heterocycles. The van der Waals surface area contributed by atoms with Crippen LogP contribution in [0.4, 0.5) is 0 Å². The minimum atomic E-state index is 0.492. The molecule has 1 rings (SSSR count). The summed E-state index contributed by atoms with van der Waals surface area (Å²) in [5.41, 5.74) is 0. The van der Waals surface area contributed by atoms with E-state index < -0.39 is 0 Å². The maximum Gasteiger partial charge on any atom is 0.178 e. The average molecular weight is 150 g/mol. The predicted octanol–water partition coefficient (Wildman–Crippen LogP) is 1.83. The van der Waals surface area contributed by atoms with Crippen LogP contribution in [0.2, 0.25) is 0 Å². The summed E-state index contributed by atoms with van der Waals surface area (Å²) in [5, 5.41) is 0. The first-order valence-electron chi connectivity index (χ1n) is 1.66. The molecule has 1 aromatic heterocycles. The van der Waals surface area contributed by atoms with Crippen LogP contribution >= 0.6 is 32.8 Å². The minimum Gasteiger partial charge on any atom is -0.323 e. The van der Waals surface area contributed by atoms with Gasteiger partial charge < -0.3 is 9.73 Å². The zero-order valence-corrected chi connectivity index (χ0v) is 5.95. The van der Waals surface area contributed by atoms with Crippen LogP contribution in [0.3, 0.4) is 0 Å². The highest BCUT2D eigenvalue weighted by atomic mass is 32.1. The van der Waals surface area contributed by atoms with Crippen LogP contribution in [0.25, 0.3) is 0 Å². The van der Waals surface area contributed by atoms with Crippen LogP contribution in [-0.2, 0) is 0 Å². The fraction of sp³-hybridized carbons (Fsp3) is 0. The molecule has 38 valence electrons. The van der Waals surface area contributed by atoms with Gasteiger partial charge in [0.15, 0.2) is 4.77 Å². The summed E-state index contributed by atoms with van der Waals surface area (Å²) in [6.07, 6.45) is 0. The molecule has 5 heteroatoms. The highest BCUT2D eigenvalue weighted by molar-refractivity contribution is 7.74. The van der Waals surface area contributed by atoms with Gasteiger partial charge in [0.1, 0.15) is 4.37 Å². The number of nitrogens with one attached hydrogen (secondary N) is 2. The second-order valence-electron chi connectivity index (χ2n) is 1.03. The molecule has 0 spiro atoms. The van der Waals surface area contributed by atoms with Crippen LogP contribution in [0.5, 0.6) is 0 Å². The molecule has 0 radical (unpaired) electrons. The minimum absolute atomic E-state index is 0.492. The Balaban J connectivity index is 3.59. The van der Waals surface area contributed by atoms with Crippen LogP contribution in [0, 0.1) is 9.14 Å². The van der Waals surface area contributed by atoms with Crippen molar-refractivity contribution in [3.63, 3.8) is 0 Å². The largest absolute Gasteiger partial charge is 0.323 e. The first-order valence-corrected chi connectivity index (χ1v) is 3.47. The number of hydrogen-bond acceptors (Lipinski definition) is 2. The first kappa shape index (κ1) is 5.22. The SMILES string of the molecule is S=c1[nH][pH]c(=S)[nH]1. The molecule has 1 atom stereocenters. The van der Waals surface area contributed by atoms with Gasteiger partial charge in [0.05, 0.1) is 0 Å². The Morgan fingerprint density at radius 2 is 2.14 bits per heavy atom. The third kappa shape index (κ3) is 1.23. The number of hydrogen-bond donors (Lipinski definition) is 2. The Bertz CT molecular complexity index is 218. The quantitative estimate of drug-likeness (QED) is 0.553. The molecule has 0 bridgehead atoms. The van der Waals surface area contributed by atoms with E-state index in [4.69, 9.17) is 24.4 Å². The smallest absolute Gasteiger partial charge is 0.178 e. The van der Waals surface area contributed by atoms with Crippen molar-refractivity contribution >= 4 is 32.8 Å². The Kier molecular flexibility index (Phi) is 1.42. The molecule has 0 saturated heterocycles. The van der Waals surface area contributed by atoms with Crippen molar-refractivity contribution in [1.29, 1.82) is 0 Å². The van der Waals surface area contributed by atoms with Crippen molar-refractivity contribution in [2.24, 2.45) is 0 Å². The molecule has 0 amide bonds. The van der Waals surface area contributed by atoms with E-state index in [1.165, 1.54) is 0 Å². The first-order chi connectivity index (χ1) is 3.29. The fourth-order valence-electron chi connectivity index (χ4n) is 0.279. The standard InChI is InChI=1S/C2H3N2PS2/c6-1-3-2(7)5-4-1/h5H,(H2,3,4,6,7). The van der Waals surface area contributed by atoms with E-state index in [-0.39, 0.29) is 0 Å². The van der Waals surface area contributed by atoms with Gasteiger partial charge in [0.25, 0.3) is 0 Å². The monoisotopic (exact) mass is 150 g/mol. The summed E-state index contributed by atoms with van der Waals surface area (Å²) in [6, 6.07) is 0. The average Bonchev–Trinajstić information content (AvgIpc) is 1.87. The zero-order valence-electron chi connectivity index (χ0n) is 3.32. The Hall–Kier alpha value is 0.0800. The summed E-state index contributed by atoms with van der Waals surface area (Å²) in [7, 11) is 0.492. The summed E-state index contributed by atoms with van der Waals surface area (Å²) < 4.78 is 4.34. The highest BCUT2D eigenvalue weighted by Gasteiger charge is 1.72. The van der Waals surface area contributed by atoms with E-state index >= 15 is 0 Å². The topological polar surface area (TPSA) is 31.6 Å². The van der Waals surface area contributed by atoms with Gasteiger partial charge in [-0.25, -0.2) is 0 Å². The second-order valence-corrected chi connectivity index (χ2v) is 3.21. The van der Waals surface area contributed by atoms with E-state index in [9.17, 15) is 0 Å². The van der Waals surface area contributed by atoms with E-state index in [1.807, 2.05) is 0 Å². The van der Waals surface area contributed by atoms with Gasteiger partial charge in [0, 0.05) is 0 Å².